The van der Waals surface area contributed by atoms with Crippen LogP contribution in [-0.2, 0) is 9.47 Å². The van der Waals surface area contributed by atoms with E-state index in [1.807, 2.05) is 0 Å². The zero-order valence-corrected chi connectivity index (χ0v) is 9.04. The van der Waals surface area contributed by atoms with Gasteiger partial charge in [0, 0.05) is 19.2 Å². The lowest BCUT2D eigenvalue weighted by Crippen LogP contribution is -2.62. The van der Waals surface area contributed by atoms with Crippen molar-refractivity contribution in [3.05, 3.63) is 0 Å². The zero-order valence-electron chi connectivity index (χ0n) is 9.04. The van der Waals surface area contributed by atoms with E-state index in [-0.39, 0.29) is 0 Å². The van der Waals surface area contributed by atoms with Crippen molar-refractivity contribution in [2.24, 2.45) is 11.5 Å². The maximum Gasteiger partial charge on any atom is 0.155 e. The second-order valence-corrected chi connectivity index (χ2v) is 3.95. The van der Waals surface area contributed by atoms with Crippen LogP contribution in [0.5, 0.6) is 0 Å². The second kappa shape index (κ2) is 5.20. The van der Waals surface area contributed by atoms with Gasteiger partial charge in [-0.1, -0.05) is 0 Å². The highest BCUT2D eigenvalue weighted by molar-refractivity contribution is 4.97. The number of aliphatic hydroxyl groups is 2. The summed E-state index contributed by atoms with van der Waals surface area (Å²) in [5, 5.41) is 19.3. The van der Waals surface area contributed by atoms with Crippen molar-refractivity contribution < 1.29 is 19.7 Å². The Balaban J connectivity index is 2.61. The standard InChI is InChI=1S/C9H20N2O4/c1-4(14-2)15-9-6(11)3-5(10)7(12)8(9)13/h4-9,12-13H,3,10-11H2,1-2H3/t4?,5-,6?,7?,8?,9-/m1/s1. The summed E-state index contributed by atoms with van der Waals surface area (Å²) in [4.78, 5) is 0. The normalized spacial score (nSPS) is 44.0. The molecule has 6 heteroatoms. The third kappa shape index (κ3) is 2.87. The van der Waals surface area contributed by atoms with Crippen molar-refractivity contribution >= 4 is 0 Å². The molecule has 0 aliphatic heterocycles. The van der Waals surface area contributed by atoms with E-state index in [4.69, 9.17) is 20.9 Å². The van der Waals surface area contributed by atoms with Crippen LogP contribution >= 0.6 is 0 Å². The van der Waals surface area contributed by atoms with Crippen molar-refractivity contribution in [2.45, 2.75) is 50.0 Å². The van der Waals surface area contributed by atoms with Gasteiger partial charge in [-0.05, 0) is 13.3 Å². The van der Waals surface area contributed by atoms with Crippen molar-refractivity contribution in [3.8, 4) is 0 Å². The van der Waals surface area contributed by atoms with Gasteiger partial charge in [0.15, 0.2) is 6.29 Å². The molecule has 1 aliphatic carbocycles. The molecule has 0 aromatic carbocycles. The van der Waals surface area contributed by atoms with Gasteiger partial charge in [-0.25, -0.2) is 0 Å². The fourth-order valence-corrected chi connectivity index (χ4v) is 1.75. The van der Waals surface area contributed by atoms with E-state index in [9.17, 15) is 10.2 Å². The van der Waals surface area contributed by atoms with Gasteiger partial charge in [-0.3, -0.25) is 0 Å². The average molecular weight is 220 g/mol. The van der Waals surface area contributed by atoms with Gasteiger partial charge in [-0.15, -0.1) is 0 Å². The van der Waals surface area contributed by atoms with Crippen LogP contribution in [0.2, 0.25) is 0 Å². The van der Waals surface area contributed by atoms with Crippen LogP contribution in [0.25, 0.3) is 0 Å². The van der Waals surface area contributed by atoms with Crippen LogP contribution in [0.3, 0.4) is 0 Å². The van der Waals surface area contributed by atoms with Gasteiger partial charge >= 0.3 is 0 Å². The predicted octanol–water partition coefficient (Wildman–Crippen LogP) is -1.86. The fraction of sp³-hybridized carbons (Fsp3) is 1.00. The highest BCUT2D eigenvalue weighted by atomic mass is 16.7. The minimum absolute atomic E-state index is 0.393. The summed E-state index contributed by atoms with van der Waals surface area (Å²) in [6.45, 7) is 1.69. The summed E-state index contributed by atoms with van der Waals surface area (Å²) >= 11 is 0. The fourth-order valence-electron chi connectivity index (χ4n) is 1.75. The van der Waals surface area contributed by atoms with Crippen LogP contribution in [0.4, 0.5) is 0 Å². The lowest BCUT2D eigenvalue weighted by atomic mass is 9.85. The Morgan fingerprint density at radius 1 is 1.20 bits per heavy atom. The Morgan fingerprint density at radius 2 is 1.80 bits per heavy atom. The van der Waals surface area contributed by atoms with E-state index in [0.717, 1.165) is 0 Å². The molecule has 6 atom stereocenters. The van der Waals surface area contributed by atoms with Gasteiger partial charge in [0.25, 0.3) is 0 Å². The maximum atomic E-state index is 9.73. The number of hydrogen-bond donors (Lipinski definition) is 4. The van der Waals surface area contributed by atoms with E-state index < -0.39 is 36.7 Å². The van der Waals surface area contributed by atoms with E-state index in [1.54, 1.807) is 6.92 Å². The van der Waals surface area contributed by atoms with E-state index in [2.05, 4.69) is 0 Å². The SMILES string of the molecule is COC(C)O[C@@H]1C(N)C[C@@H](N)C(O)C1O. The summed E-state index contributed by atoms with van der Waals surface area (Å²) in [6.07, 6.45) is -2.77. The molecule has 1 saturated carbocycles. The average Bonchev–Trinajstić information content (AvgIpc) is 2.21. The molecule has 15 heavy (non-hydrogen) atoms. The molecule has 4 unspecified atom stereocenters. The second-order valence-electron chi connectivity index (χ2n) is 3.95. The lowest BCUT2D eigenvalue weighted by molar-refractivity contribution is -0.203. The molecular weight excluding hydrogens is 200 g/mol. The van der Waals surface area contributed by atoms with Gasteiger partial charge in [0.2, 0.25) is 0 Å². The maximum absolute atomic E-state index is 9.73. The van der Waals surface area contributed by atoms with Crippen molar-refractivity contribution in [1.29, 1.82) is 0 Å². The first-order chi connectivity index (χ1) is 6.97. The Morgan fingerprint density at radius 3 is 2.33 bits per heavy atom. The predicted molar refractivity (Wildman–Crippen MR) is 53.9 cm³/mol. The summed E-state index contributed by atoms with van der Waals surface area (Å²) < 4.78 is 10.3. The topological polar surface area (TPSA) is 111 Å². The van der Waals surface area contributed by atoms with Crippen LogP contribution < -0.4 is 11.5 Å². The van der Waals surface area contributed by atoms with Gasteiger partial charge in [0.1, 0.15) is 12.2 Å². The van der Waals surface area contributed by atoms with Gasteiger partial charge in [-0.2, -0.15) is 0 Å². The molecule has 1 fully saturated rings. The van der Waals surface area contributed by atoms with Crippen molar-refractivity contribution in [3.63, 3.8) is 0 Å². The molecule has 6 N–H and O–H groups in total. The number of nitrogens with two attached hydrogens (primary N) is 2. The molecule has 0 spiro atoms. The third-order valence-corrected chi connectivity index (χ3v) is 2.77. The summed E-state index contributed by atoms with van der Waals surface area (Å²) in [5.41, 5.74) is 11.4. The van der Waals surface area contributed by atoms with Gasteiger partial charge < -0.3 is 31.2 Å². The molecule has 0 aromatic heterocycles. The third-order valence-electron chi connectivity index (χ3n) is 2.77. The Bertz CT molecular complexity index is 205. The van der Waals surface area contributed by atoms with E-state index >= 15 is 0 Å². The molecule has 0 aromatic rings. The van der Waals surface area contributed by atoms with E-state index in [0.29, 0.717) is 6.42 Å². The molecular formula is C9H20N2O4. The highest BCUT2D eigenvalue weighted by Gasteiger charge is 2.41. The number of methoxy groups -OCH3 is 1. The number of ether oxygens (including phenoxy) is 2. The summed E-state index contributed by atoms with van der Waals surface area (Å²) in [7, 11) is 1.49. The van der Waals surface area contributed by atoms with Crippen molar-refractivity contribution in [1.82, 2.24) is 0 Å². The largest absolute Gasteiger partial charge is 0.389 e. The first kappa shape index (κ1) is 12.8. The smallest absolute Gasteiger partial charge is 0.155 e. The summed E-state index contributed by atoms with van der Waals surface area (Å²) in [6, 6.07) is -0.899. The minimum atomic E-state index is -1.07. The molecule has 0 saturated heterocycles. The number of hydrogen-bond acceptors (Lipinski definition) is 6. The van der Waals surface area contributed by atoms with Crippen LogP contribution in [0, 0.1) is 0 Å². The molecule has 6 nitrogen and oxygen atoms in total. The first-order valence-corrected chi connectivity index (χ1v) is 5.03. The Labute approximate surface area is 89.1 Å². The van der Waals surface area contributed by atoms with Gasteiger partial charge in [0.05, 0.1) is 6.10 Å². The quantitative estimate of drug-likeness (QED) is 0.415. The minimum Gasteiger partial charge on any atom is -0.389 e. The van der Waals surface area contributed by atoms with Crippen molar-refractivity contribution in [2.75, 3.05) is 7.11 Å². The summed E-state index contributed by atoms with van der Waals surface area (Å²) in [5.74, 6) is 0. The number of aliphatic hydroxyl groups excluding tert-OH is 2. The zero-order chi connectivity index (χ0) is 11.6. The van der Waals surface area contributed by atoms with Crippen LogP contribution in [0.15, 0.2) is 0 Å². The molecule has 0 radical (unpaired) electrons. The first-order valence-electron chi connectivity index (χ1n) is 5.03. The molecule has 90 valence electrons. The Kier molecular flexibility index (Phi) is 4.45. The molecule has 0 heterocycles. The molecule has 1 rings (SSSR count). The molecule has 0 amide bonds. The van der Waals surface area contributed by atoms with E-state index in [1.165, 1.54) is 7.11 Å². The van der Waals surface area contributed by atoms with Crippen LogP contribution in [0.1, 0.15) is 13.3 Å². The van der Waals surface area contributed by atoms with Crippen LogP contribution in [-0.4, -0.2) is 54.0 Å². The lowest BCUT2D eigenvalue weighted by Gasteiger charge is -2.40. The Hall–Kier alpha value is -0.240. The highest BCUT2D eigenvalue weighted by Crippen LogP contribution is 2.21. The molecule has 0 bridgehead atoms. The molecule has 1 aliphatic rings. The monoisotopic (exact) mass is 220 g/mol. The number of rotatable bonds is 3.